The summed E-state index contributed by atoms with van der Waals surface area (Å²) in [5.74, 6) is 1.12. The molecule has 3 rings (SSSR count). The van der Waals surface area contributed by atoms with Gasteiger partial charge in [0, 0.05) is 6.04 Å². The molecule has 1 aliphatic carbocycles. The highest BCUT2D eigenvalue weighted by Crippen LogP contribution is 2.38. The van der Waals surface area contributed by atoms with Crippen molar-refractivity contribution >= 4 is 0 Å². The molecule has 3 fully saturated rings. The summed E-state index contributed by atoms with van der Waals surface area (Å²) in [6, 6.07) is 0.980. The van der Waals surface area contributed by atoms with E-state index in [2.05, 4.69) is 11.9 Å². The van der Waals surface area contributed by atoms with Crippen molar-refractivity contribution < 1.29 is 0 Å². The lowest BCUT2D eigenvalue weighted by Crippen LogP contribution is -2.49. The van der Waals surface area contributed by atoms with Crippen LogP contribution in [0, 0.1) is 5.92 Å². The average molecular weight is 141 g/mol. The van der Waals surface area contributed by atoms with Gasteiger partial charge < -0.3 is 4.90 Å². The average Bonchev–Trinajstić information content (AvgIpc) is 1.90. The first-order valence-corrected chi connectivity index (χ1v) is 4.56. The van der Waals surface area contributed by atoms with Crippen molar-refractivity contribution in [3.05, 3.63) is 0 Å². The van der Waals surface area contributed by atoms with E-state index in [9.17, 15) is 0 Å². The molecule has 0 aromatic carbocycles. The third-order valence-corrected chi connectivity index (χ3v) is 2.72. The second-order valence-corrected chi connectivity index (χ2v) is 3.26. The van der Waals surface area contributed by atoms with Crippen molar-refractivity contribution in [2.24, 2.45) is 5.92 Å². The van der Waals surface area contributed by atoms with Crippen LogP contribution in [0.4, 0.5) is 0 Å². The Hall–Kier alpha value is -0.0400. The Morgan fingerprint density at radius 2 is 1.80 bits per heavy atom. The molecule has 10 heavy (non-hydrogen) atoms. The fraction of sp³-hybridized carbons (Fsp3) is 1.00. The van der Waals surface area contributed by atoms with Crippen LogP contribution >= 0.6 is 0 Å². The van der Waals surface area contributed by atoms with Crippen molar-refractivity contribution in [3.8, 4) is 0 Å². The molecule has 0 radical (unpaired) electrons. The van der Waals surface area contributed by atoms with Gasteiger partial charge in [-0.3, -0.25) is 0 Å². The third-order valence-electron chi connectivity index (χ3n) is 2.72. The Kier molecular flexibility index (Phi) is 2.72. The molecule has 0 amide bonds. The summed E-state index contributed by atoms with van der Waals surface area (Å²) in [7, 11) is 2.25. The van der Waals surface area contributed by atoms with Crippen LogP contribution < -0.4 is 0 Å². The standard InChI is InChI=1S/C7H13N.C2H6/c1-8-3-2-6-4-7(8)5-6;1-2/h6-7H,2-5H2,1H3;1-2H3. The summed E-state index contributed by atoms with van der Waals surface area (Å²) >= 11 is 0. The molecule has 0 atom stereocenters. The van der Waals surface area contributed by atoms with Crippen LogP contribution in [0.25, 0.3) is 0 Å². The predicted molar refractivity (Wildman–Crippen MR) is 45.1 cm³/mol. The van der Waals surface area contributed by atoms with Crippen molar-refractivity contribution in [1.82, 2.24) is 4.90 Å². The van der Waals surface area contributed by atoms with Gasteiger partial charge >= 0.3 is 0 Å². The van der Waals surface area contributed by atoms with Crippen LogP contribution in [0.15, 0.2) is 0 Å². The molecule has 1 heteroatoms. The van der Waals surface area contributed by atoms with E-state index in [1.807, 2.05) is 13.8 Å². The summed E-state index contributed by atoms with van der Waals surface area (Å²) in [4.78, 5) is 2.50. The van der Waals surface area contributed by atoms with Gasteiger partial charge in [0.1, 0.15) is 0 Å². The Morgan fingerprint density at radius 3 is 2.00 bits per heavy atom. The van der Waals surface area contributed by atoms with E-state index in [4.69, 9.17) is 0 Å². The first kappa shape index (κ1) is 8.06. The van der Waals surface area contributed by atoms with E-state index in [0.717, 1.165) is 12.0 Å². The zero-order chi connectivity index (χ0) is 7.56. The van der Waals surface area contributed by atoms with Gasteiger partial charge in [-0.1, -0.05) is 13.8 Å². The van der Waals surface area contributed by atoms with E-state index >= 15 is 0 Å². The topological polar surface area (TPSA) is 3.24 Å². The highest BCUT2D eigenvalue weighted by Gasteiger charge is 2.35. The van der Waals surface area contributed by atoms with Crippen molar-refractivity contribution in [1.29, 1.82) is 0 Å². The monoisotopic (exact) mass is 141 g/mol. The van der Waals surface area contributed by atoms with Gasteiger partial charge in [-0.15, -0.1) is 0 Å². The highest BCUT2D eigenvalue weighted by atomic mass is 15.2. The quantitative estimate of drug-likeness (QED) is 0.499. The maximum absolute atomic E-state index is 2.50. The summed E-state index contributed by atoms with van der Waals surface area (Å²) in [6.07, 6.45) is 4.46. The van der Waals surface area contributed by atoms with E-state index in [1.165, 1.54) is 25.8 Å². The number of piperidine rings is 2. The van der Waals surface area contributed by atoms with Gasteiger partial charge in [0.05, 0.1) is 0 Å². The summed E-state index contributed by atoms with van der Waals surface area (Å²) < 4.78 is 0. The minimum absolute atomic E-state index is 0.980. The van der Waals surface area contributed by atoms with Crippen LogP contribution in [-0.2, 0) is 0 Å². The molecule has 2 heterocycles. The summed E-state index contributed by atoms with van der Waals surface area (Å²) in [6.45, 7) is 5.36. The highest BCUT2D eigenvalue weighted by molar-refractivity contribution is 4.90. The van der Waals surface area contributed by atoms with Crippen LogP contribution in [0.5, 0.6) is 0 Å². The van der Waals surface area contributed by atoms with E-state index < -0.39 is 0 Å². The molecule has 1 nitrogen and oxygen atoms in total. The molecule has 60 valence electrons. The largest absolute Gasteiger partial charge is 0.303 e. The normalized spacial score (nSPS) is 37.5. The lowest BCUT2D eigenvalue weighted by molar-refractivity contribution is 0.0349. The second kappa shape index (κ2) is 3.38. The molecule has 2 aliphatic heterocycles. The number of hydrogen-bond donors (Lipinski definition) is 0. The SMILES string of the molecule is CC.CN1CCC2CC1C2. The smallest absolute Gasteiger partial charge is 0.00975 e. The molecule has 3 aliphatic rings. The molecular weight excluding hydrogens is 122 g/mol. The van der Waals surface area contributed by atoms with Gasteiger partial charge in [0.2, 0.25) is 0 Å². The Labute approximate surface area is 64.4 Å². The minimum atomic E-state index is 0.980. The van der Waals surface area contributed by atoms with Crippen LogP contribution in [0.3, 0.4) is 0 Å². The molecular formula is C9H19N. The van der Waals surface area contributed by atoms with E-state index in [1.54, 1.807) is 0 Å². The van der Waals surface area contributed by atoms with Gasteiger partial charge in [-0.25, -0.2) is 0 Å². The maximum Gasteiger partial charge on any atom is 0.00975 e. The van der Waals surface area contributed by atoms with Gasteiger partial charge in [0.25, 0.3) is 0 Å². The zero-order valence-corrected chi connectivity index (χ0v) is 7.43. The molecule has 1 saturated carbocycles. The molecule has 0 unspecified atom stereocenters. The summed E-state index contributed by atoms with van der Waals surface area (Å²) in [5, 5.41) is 0. The fourth-order valence-corrected chi connectivity index (χ4v) is 1.86. The lowest BCUT2D eigenvalue weighted by atomic mass is 9.74. The van der Waals surface area contributed by atoms with Crippen LogP contribution in [0.1, 0.15) is 33.1 Å². The van der Waals surface area contributed by atoms with Crippen LogP contribution in [0.2, 0.25) is 0 Å². The maximum atomic E-state index is 2.50. The summed E-state index contributed by atoms with van der Waals surface area (Å²) in [5.41, 5.74) is 0. The number of fused-ring (bicyclic) bond motifs is 2. The Morgan fingerprint density at radius 1 is 1.20 bits per heavy atom. The molecule has 2 saturated heterocycles. The Balaban J connectivity index is 0.000000231. The van der Waals surface area contributed by atoms with E-state index in [-0.39, 0.29) is 0 Å². The number of rotatable bonds is 0. The molecule has 0 aromatic heterocycles. The second-order valence-electron chi connectivity index (χ2n) is 3.26. The molecule has 2 bridgehead atoms. The van der Waals surface area contributed by atoms with Gasteiger partial charge in [-0.05, 0) is 38.8 Å². The Bertz CT molecular complexity index is 89.4. The van der Waals surface area contributed by atoms with Crippen LogP contribution in [-0.4, -0.2) is 24.5 Å². The lowest BCUT2D eigenvalue weighted by Gasteiger charge is -2.47. The number of nitrogens with zero attached hydrogens (tertiary/aromatic N) is 1. The van der Waals surface area contributed by atoms with Crippen molar-refractivity contribution in [3.63, 3.8) is 0 Å². The fourth-order valence-electron chi connectivity index (χ4n) is 1.86. The first-order valence-electron chi connectivity index (χ1n) is 4.56. The molecule has 0 aromatic rings. The molecule has 0 N–H and O–H groups in total. The number of hydrogen-bond acceptors (Lipinski definition) is 1. The molecule has 0 spiro atoms. The van der Waals surface area contributed by atoms with Crippen molar-refractivity contribution in [2.45, 2.75) is 39.2 Å². The van der Waals surface area contributed by atoms with E-state index in [0.29, 0.717) is 0 Å². The third kappa shape index (κ3) is 1.34. The van der Waals surface area contributed by atoms with Gasteiger partial charge in [-0.2, -0.15) is 0 Å². The minimum Gasteiger partial charge on any atom is -0.303 e. The first-order chi connectivity index (χ1) is 4.86. The van der Waals surface area contributed by atoms with Crippen molar-refractivity contribution in [2.75, 3.05) is 13.6 Å². The predicted octanol–water partition coefficient (Wildman–Crippen LogP) is 2.13. The van der Waals surface area contributed by atoms with Gasteiger partial charge in [0.15, 0.2) is 0 Å². The zero-order valence-electron chi connectivity index (χ0n) is 7.43.